The summed E-state index contributed by atoms with van der Waals surface area (Å²) in [7, 11) is 0. The molecule has 1 heterocycles. The normalized spacial score (nSPS) is 11.6. The molecule has 0 saturated carbocycles. The number of hydrogen-bond donors (Lipinski definition) is 0. The van der Waals surface area contributed by atoms with Gasteiger partial charge in [-0.05, 0) is 74.6 Å². The fraction of sp³-hybridized carbons (Fsp3) is 0.350. The summed E-state index contributed by atoms with van der Waals surface area (Å²) in [6, 6.07) is 11.1. The van der Waals surface area contributed by atoms with Crippen LogP contribution in [-0.2, 0) is 17.3 Å². The number of pyridine rings is 1. The third-order valence-electron chi connectivity index (χ3n) is 4.22. The summed E-state index contributed by atoms with van der Waals surface area (Å²) in [5.74, 6) is -0.429. The molecule has 0 atom stereocenters. The van der Waals surface area contributed by atoms with Crippen LogP contribution in [0, 0.1) is 28.5 Å². The average Bonchev–Trinajstić information content (AvgIpc) is 2.56. The van der Waals surface area contributed by atoms with E-state index in [4.69, 9.17) is 0 Å². The zero-order valence-corrected chi connectivity index (χ0v) is 14.4. The summed E-state index contributed by atoms with van der Waals surface area (Å²) < 4.78 is 14.2. The second-order valence-corrected chi connectivity index (χ2v) is 6.99. The van der Waals surface area contributed by atoms with Gasteiger partial charge in [-0.1, -0.05) is 6.07 Å². The molecule has 0 unspecified atom stereocenters. The van der Waals surface area contributed by atoms with E-state index in [0.717, 1.165) is 11.1 Å². The van der Waals surface area contributed by atoms with Gasteiger partial charge in [-0.15, -0.1) is 0 Å². The Morgan fingerprint density at radius 2 is 1.58 bits per heavy atom. The Hall–Kier alpha value is -2.72. The molecule has 0 saturated heterocycles. The molecule has 0 aliphatic rings. The number of halogens is 1. The van der Waals surface area contributed by atoms with Crippen molar-refractivity contribution in [3.8, 4) is 12.1 Å². The Morgan fingerprint density at radius 1 is 1.04 bits per heavy atom. The van der Waals surface area contributed by atoms with Crippen LogP contribution in [0.5, 0.6) is 0 Å². The van der Waals surface area contributed by atoms with Crippen molar-refractivity contribution in [2.24, 2.45) is 0 Å². The molecule has 2 rings (SSSR count). The molecule has 0 amide bonds. The Balaban J connectivity index is 2.77. The number of benzene rings is 1. The van der Waals surface area contributed by atoms with Gasteiger partial charge in [0, 0.05) is 12.4 Å². The summed E-state index contributed by atoms with van der Waals surface area (Å²) in [4.78, 5) is 4.12. The number of nitrogens with zero attached hydrogens (tertiary/aromatic N) is 3. The van der Waals surface area contributed by atoms with E-state index < -0.39 is 16.6 Å². The van der Waals surface area contributed by atoms with Crippen molar-refractivity contribution in [3.63, 3.8) is 0 Å². The van der Waals surface area contributed by atoms with Gasteiger partial charge < -0.3 is 0 Å². The van der Waals surface area contributed by atoms with E-state index in [1.54, 1.807) is 40.1 Å². The zero-order valence-electron chi connectivity index (χ0n) is 14.4. The molecule has 3 nitrogen and oxygen atoms in total. The first-order valence-electron chi connectivity index (χ1n) is 7.76. The number of aromatic nitrogens is 1. The van der Waals surface area contributed by atoms with E-state index in [1.807, 2.05) is 12.1 Å². The van der Waals surface area contributed by atoms with Gasteiger partial charge in [0.05, 0.1) is 23.0 Å². The fourth-order valence-electron chi connectivity index (χ4n) is 2.77. The van der Waals surface area contributed by atoms with Crippen LogP contribution in [-0.4, -0.2) is 4.98 Å². The molecular formula is C20H20FN3. The molecule has 0 aliphatic heterocycles. The van der Waals surface area contributed by atoms with Crippen LogP contribution in [0.2, 0.25) is 0 Å². The first kappa shape index (κ1) is 17.6. The van der Waals surface area contributed by atoms with E-state index in [0.29, 0.717) is 17.5 Å². The summed E-state index contributed by atoms with van der Waals surface area (Å²) in [5.41, 5.74) is 1.29. The molecule has 0 aliphatic carbocycles. The molecule has 1 aromatic carbocycles. The van der Waals surface area contributed by atoms with Gasteiger partial charge >= 0.3 is 0 Å². The van der Waals surface area contributed by atoms with Crippen LogP contribution < -0.4 is 0 Å². The topological polar surface area (TPSA) is 60.5 Å². The molecule has 24 heavy (non-hydrogen) atoms. The maximum atomic E-state index is 14.2. The molecule has 122 valence electrons. The summed E-state index contributed by atoms with van der Waals surface area (Å²) in [6.45, 7) is 7.05. The van der Waals surface area contributed by atoms with Gasteiger partial charge in [0.2, 0.25) is 0 Å². The molecule has 0 fully saturated rings. The molecule has 0 spiro atoms. The van der Waals surface area contributed by atoms with Gasteiger partial charge in [-0.2, -0.15) is 10.5 Å². The highest BCUT2D eigenvalue weighted by molar-refractivity contribution is 5.49. The highest BCUT2D eigenvalue weighted by atomic mass is 19.1. The minimum Gasteiger partial charge on any atom is -0.264 e. The predicted molar refractivity (Wildman–Crippen MR) is 90.7 cm³/mol. The van der Waals surface area contributed by atoms with Crippen LogP contribution in [0.1, 0.15) is 49.9 Å². The van der Waals surface area contributed by atoms with Crippen molar-refractivity contribution in [2.75, 3.05) is 0 Å². The van der Waals surface area contributed by atoms with E-state index in [9.17, 15) is 14.9 Å². The van der Waals surface area contributed by atoms with Gasteiger partial charge in [-0.25, -0.2) is 4.39 Å². The third-order valence-corrected chi connectivity index (χ3v) is 4.22. The lowest BCUT2D eigenvalue weighted by atomic mass is 9.74. The highest BCUT2D eigenvalue weighted by Crippen LogP contribution is 2.36. The molecule has 0 radical (unpaired) electrons. The Bertz CT molecular complexity index is 777. The first-order chi connectivity index (χ1) is 11.2. The quantitative estimate of drug-likeness (QED) is 0.838. The van der Waals surface area contributed by atoms with Gasteiger partial charge in [-0.3, -0.25) is 4.98 Å². The third kappa shape index (κ3) is 3.44. The van der Waals surface area contributed by atoms with Crippen LogP contribution in [0.3, 0.4) is 0 Å². The van der Waals surface area contributed by atoms with Crippen molar-refractivity contribution in [1.82, 2.24) is 4.98 Å². The van der Waals surface area contributed by atoms with E-state index in [2.05, 4.69) is 17.1 Å². The van der Waals surface area contributed by atoms with Gasteiger partial charge in [0.15, 0.2) is 0 Å². The highest BCUT2D eigenvalue weighted by Gasteiger charge is 2.31. The van der Waals surface area contributed by atoms with Gasteiger partial charge in [0.25, 0.3) is 0 Å². The molecular weight excluding hydrogens is 301 g/mol. The molecule has 4 heteroatoms. The second-order valence-electron chi connectivity index (χ2n) is 6.99. The Kier molecular flexibility index (Phi) is 4.71. The average molecular weight is 321 g/mol. The first-order valence-corrected chi connectivity index (χ1v) is 7.76. The zero-order chi connectivity index (χ0) is 18.0. The standard InChI is InChI=1S/C20H20FN3/c1-19(2,12-22)17-9-15(21)10-18(20(3,4)13-23)16(17)8-14-6-5-7-24-11-14/h5-7,9-11H,8H2,1-4H3. The van der Waals surface area contributed by atoms with Crippen LogP contribution in [0.25, 0.3) is 0 Å². The van der Waals surface area contributed by atoms with Crippen molar-refractivity contribution < 1.29 is 4.39 Å². The van der Waals surface area contributed by atoms with E-state index in [-0.39, 0.29) is 0 Å². The van der Waals surface area contributed by atoms with E-state index in [1.165, 1.54) is 12.1 Å². The second kappa shape index (κ2) is 6.42. The molecule has 2 aromatic rings. The Labute approximate surface area is 142 Å². The summed E-state index contributed by atoms with van der Waals surface area (Å²) in [6.07, 6.45) is 3.93. The lowest BCUT2D eigenvalue weighted by Gasteiger charge is -2.27. The number of hydrogen-bond acceptors (Lipinski definition) is 3. The number of rotatable bonds is 4. The van der Waals surface area contributed by atoms with Crippen LogP contribution in [0.4, 0.5) is 4.39 Å². The largest absolute Gasteiger partial charge is 0.264 e. The summed E-state index contributed by atoms with van der Waals surface area (Å²) in [5, 5.41) is 19.1. The lowest BCUT2D eigenvalue weighted by molar-refractivity contribution is 0.589. The minimum atomic E-state index is -0.861. The monoisotopic (exact) mass is 321 g/mol. The van der Waals surface area contributed by atoms with Crippen LogP contribution in [0.15, 0.2) is 36.7 Å². The molecule has 0 N–H and O–H groups in total. The lowest BCUT2D eigenvalue weighted by Crippen LogP contribution is -2.24. The Morgan fingerprint density at radius 3 is 2.00 bits per heavy atom. The molecule has 0 bridgehead atoms. The maximum absolute atomic E-state index is 14.2. The van der Waals surface area contributed by atoms with E-state index >= 15 is 0 Å². The van der Waals surface area contributed by atoms with Crippen molar-refractivity contribution in [1.29, 1.82) is 10.5 Å². The SMILES string of the molecule is CC(C)(C#N)c1cc(F)cc(C(C)(C)C#N)c1Cc1cccnc1. The van der Waals surface area contributed by atoms with Gasteiger partial charge in [0.1, 0.15) is 5.82 Å². The summed E-state index contributed by atoms with van der Waals surface area (Å²) >= 11 is 0. The van der Waals surface area contributed by atoms with Crippen molar-refractivity contribution in [2.45, 2.75) is 44.9 Å². The van der Waals surface area contributed by atoms with Crippen molar-refractivity contribution in [3.05, 3.63) is 64.7 Å². The fourth-order valence-corrected chi connectivity index (χ4v) is 2.77. The van der Waals surface area contributed by atoms with Crippen molar-refractivity contribution >= 4 is 0 Å². The minimum absolute atomic E-state index is 0.429. The smallest absolute Gasteiger partial charge is 0.123 e. The molecule has 1 aromatic heterocycles. The maximum Gasteiger partial charge on any atom is 0.123 e. The predicted octanol–water partition coefficient (Wildman–Crippen LogP) is 4.41. The van der Waals surface area contributed by atoms with Crippen LogP contribution >= 0.6 is 0 Å². The number of nitriles is 2.